The summed E-state index contributed by atoms with van der Waals surface area (Å²) >= 11 is 0. The third-order valence-electron chi connectivity index (χ3n) is 3.30. The van der Waals surface area contributed by atoms with Crippen LogP contribution in [0.25, 0.3) is 0 Å². The molecule has 0 saturated heterocycles. The van der Waals surface area contributed by atoms with Gasteiger partial charge in [0.1, 0.15) is 0 Å². The highest BCUT2D eigenvalue weighted by Crippen LogP contribution is 2.31. The van der Waals surface area contributed by atoms with Crippen LogP contribution in [0.2, 0.25) is 0 Å². The van der Waals surface area contributed by atoms with E-state index in [1.54, 1.807) is 36.4 Å². The monoisotopic (exact) mass is 364 g/mol. The van der Waals surface area contributed by atoms with Crippen molar-refractivity contribution < 1.29 is 14.3 Å². The van der Waals surface area contributed by atoms with Crippen molar-refractivity contribution >= 4 is 29.7 Å². The van der Waals surface area contributed by atoms with E-state index in [0.29, 0.717) is 41.7 Å². The number of hydrogen-bond acceptors (Lipinski definition) is 4. The number of carbonyl (C=O) groups is 1. The number of halogens is 1. The molecule has 0 spiro atoms. The summed E-state index contributed by atoms with van der Waals surface area (Å²) in [4.78, 5) is 12.3. The molecule has 2 rings (SSSR count). The van der Waals surface area contributed by atoms with Gasteiger partial charge in [-0.3, -0.25) is 4.79 Å². The topological polar surface area (TPSA) is 73.6 Å². The van der Waals surface area contributed by atoms with Gasteiger partial charge in [0.25, 0.3) is 5.91 Å². The second-order valence-corrected chi connectivity index (χ2v) is 5.43. The highest BCUT2D eigenvalue weighted by atomic mass is 35.5. The molecule has 2 aromatic rings. The Bertz CT molecular complexity index is 675. The maximum Gasteiger partial charge on any atom is 0.255 e. The first-order chi connectivity index (χ1) is 11.6. The van der Waals surface area contributed by atoms with Crippen LogP contribution < -0.4 is 20.5 Å². The van der Waals surface area contributed by atoms with Crippen molar-refractivity contribution in [3.8, 4) is 11.5 Å². The van der Waals surface area contributed by atoms with Crippen molar-refractivity contribution in [2.75, 3.05) is 24.3 Å². The summed E-state index contributed by atoms with van der Waals surface area (Å²) in [6.45, 7) is 5.31. The molecule has 0 aliphatic heterocycles. The molecular formula is C19H25ClN2O3. The quantitative estimate of drug-likeness (QED) is 0.675. The molecule has 1 amide bonds. The summed E-state index contributed by atoms with van der Waals surface area (Å²) in [5.74, 6) is 1.13. The zero-order chi connectivity index (χ0) is 17.4. The lowest BCUT2D eigenvalue weighted by molar-refractivity contribution is 0.102. The van der Waals surface area contributed by atoms with Gasteiger partial charge in [-0.15, -0.1) is 12.4 Å². The molecule has 0 atom stereocenters. The largest absolute Gasteiger partial charge is 0.490 e. The first-order valence-corrected chi connectivity index (χ1v) is 8.20. The maximum atomic E-state index is 12.3. The van der Waals surface area contributed by atoms with Crippen LogP contribution in [-0.2, 0) is 0 Å². The summed E-state index contributed by atoms with van der Waals surface area (Å²) in [7, 11) is 0. The number of rotatable bonds is 8. The molecule has 3 N–H and O–H groups in total. The maximum absolute atomic E-state index is 12.3. The fourth-order valence-electron chi connectivity index (χ4n) is 2.08. The van der Waals surface area contributed by atoms with Crippen LogP contribution in [0, 0.1) is 0 Å². The molecular weight excluding hydrogens is 340 g/mol. The Morgan fingerprint density at radius 2 is 1.56 bits per heavy atom. The van der Waals surface area contributed by atoms with E-state index < -0.39 is 0 Å². The Morgan fingerprint density at radius 1 is 0.960 bits per heavy atom. The Kier molecular flexibility index (Phi) is 8.64. The molecule has 0 aliphatic rings. The summed E-state index contributed by atoms with van der Waals surface area (Å²) < 4.78 is 11.4. The molecule has 136 valence electrons. The molecule has 0 fully saturated rings. The molecule has 0 aromatic heterocycles. The first kappa shape index (κ1) is 20.6. The summed E-state index contributed by atoms with van der Waals surface area (Å²) in [5.41, 5.74) is 7.47. The second kappa shape index (κ2) is 10.5. The van der Waals surface area contributed by atoms with E-state index in [4.69, 9.17) is 15.2 Å². The van der Waals surface area contributed by atoms with Crippen LogP contribution in [0.1, 0.15) is 37.0 Å². The van der Waals surface area contributed by atoms with Crippen molar-refractivity contribution in [3.63, 3.8) is 0 Å². The predicted octanol–water partition coefficient (Wildman–Crippen LogP) is 4.52. The highest BCUT2D eigenvalue weighted by molar-refractivity contribution is 6.04. The van der Waals surface area contributed by atoms with Crippen molar-refractivity contribution in [2.45, 2.75) is 26.7 Å². The van der Waals surface area contributed by atoms with E-state index in [0.717, 1.165) is 12.8 Å². The number of amides is 1. The Hall–Kier alpha value is -2.40. The van der Waals surface area contributed by atoms with Gasteiger partial charge < -0.3 is 20.5 Å². The lowest BCUT2D eigenvalue weighted by Crippen LogP contribution is -2.12. The lowest BCUT2D eigenvalue weighted by atomic mass is 10.2. The van der Waals surface area contributed by atoms with Gasteiger partial charge in [0.15, 0.2) is 11.5 Å². The minimum Gasteiger partial charge on any atom is -0.490 e. The number of nitrogen functional groups attached to an aromatic ring is 1. The van der Waals surface area contributed by atoms with E-state index in [1.165, 1.54) is 0 Å². The molecule has 2 aromatic carbocycles. The highest BCUT2D eigenvalue weighted by Gasteiger charge is 2.10. The van der Waals surface area contributed by atoms with Gasteiger partial charge in [-0.1, -0.05) is 13.8 Å². The van der Waals surface area contributed by atoms with Crippen molar-refractivity contribution in [1.82, 2.24) is 0 Å². The lowest BCUT2D eigenvalue weighted by Gasteiger charge is -2.14. The average molecular weight is 365 g/mol. The first-order valence-electron chi connectivity index (χ1n) is 8.20. The zero-order valence-corrected chi connectivity index (χ0v) is 15.4. The number of benzene rings is 2. The van der Waals surface area contributed by atoms with E-state index in [9.17, 15) is 4.79 Å². The molecule has 0 bridgehead atoms. The second-order valence-electron chi connectivity index (χ2n) is 5.43. The number of carbonyl (C=O) groups excluding carboxylic acids is 1. The Labute approximate surface area is 154 Å². The number of ether oxygens (including phenoxy) is 2. The Balaban J connectivity index is 0.00000312. The molecule has 5 nitrogen and oxygen atoms in total. The zero-order valence-electron chi connectivity index (χ0n) is 14.6. The molecule has 0 heterocycles. The average Bonchev–Trinajstić information content (AvgIpc) is 2.59. The van der Waals surface area contributed by atoms with Gasteiger partial charge in [0, 0.05) is 23.0 Å². The third kappa shape index (κ3) is 6.19. The van der Waals surface area contributed by atoms with Gasteiger partial charge in [-0.05, 0) is 49.2 Å². The molecule has 25 heavy (non-hydrogen) atoms. The van der Waals surface area contributed by atoms with Gasteiger partial charge >= 0.3 is 0 Å². The number of nitrogens with two attached hydrogens (primary N) is 1. The van der Waals surface area contributed by atoms with Gasteiger partial charge in [0.2, 0.25) is 0 Å². The van der Waals surface area contributed by atoms with Crippen LogP contribution in [0.4, 0.5) is 11.4 Å². The minimum atomic E-state index is -0.196. The van der Waals surface area contributed by atoms with E-state index in [2.05, 4.69) is 5.32 Å². The predicted molar refractivity (Wildman–Crippen MR) is 104 cm³/mol. The normalized spacial score (nSPS) is 9.84. The van der Waals surface area contributed by atoms with Crippen LogP contribution >= 0.6 is 12.4 Å². The van der Waals surface area contributed by atoms with Crippen LogP contribution in [0.15, 0.2) is 42.5 Å². The van der Waals surface area contributed by atoms with Gasteiger partial charge in [-0.2, -0.15) is 0 Å². The minimum absolute atomic E-state index is 0. The van der Waals surface area contributed by atoms with E-state index in [-0.39, 0.29) is 18.3 Å². The van der Waals surface area contributed by atoms with E-state index in [1.807, 2.05) is 19.9 Å². The summed E-state index contributed by atoms with van der Waals surface area (Å²) in [5, 5.41) is 2.86. The fraction of sp³-hybridized carbons (Fsp3) is 0.316. The SMILES string of the molecule is CCCOc1ccc(NC(=O)c2ccc(N)cc2)cc1OCCC.Cl. The fourth-order valence-corrected chi connectivity index (χ4v) is 2.08. The molecule has 0 unspecified atom stereocenters. The number of hydrogen-bond donors (Lipinski definition) is 2. The summed E-state index contributed by atoms with van der Waals surface area (Å²) in [6.07, 6.45) is 1.82. The van der Waals surface area contributed by atoms with Crippen LogP contribution in [-0.4, -0.2) is 19.1 Å². The van der Waals surface area contributed by atoms with Gasteiger partial charge in [0.05, 0.1) is 13.2 Å². The smallest absolute Gasteiger partial charge is 0.255 e. The molecule has 0 saturated carbocycles. The third-order valence-corrected chi connectivity index (χ3v) is 3.30. The van der Waals surface area contributed by atoms with Gasteiger partial charge in [-0.25, -0.2) is 0 Å². The number of nitrogens with one attached hydrogen (secondary N) is 1. The molecule has 0 radical (unpaired) electrons. The standard InChI is InChI=1S/C19H24N2O3.ClH/c1-3-11-23-17-10-9-16(13-18(17)24-12-4-2)21-19(22)14-5-7-15(20)8-6-14;/h5-10,13H,3-4,11-12,20H2,1-2H3,(H,21,22);1H. The van der Waals surface area contributed by atoms with Crippen molar-refractivity contribution in [1.29, 1.82) is 0 Å². The van der Waals surface area contributed by atoms with Crippen molar-refractivity contribution in [3.05, 3.63) is 48.0 Å². The van der Waals surface area contributed by atoms with E-state index >= 15 is 0 Å². The summed E-state index contributed by atoms with van der Waals surface area (Å²) in [6, 6.07) is 12.2. The van der Waals surface area contributed by atoms with Crippen molar-refractivity contribution in [2.24, 2.45) is 0 Å². The molecule has 0 aliphatic carbocycles. The van der Waals surface area contributed by atoms with Crippen LogP contribution in [0.3, 0.4) is 0 Å². The molecule has 6 heteroatoms. The van der Waals surface area contributed by atoms with Crippen LogP contribution in [0.5, 0.6) is 11.5 Å². The number of anilines is 2. The Morgan fingerprint density at radius 3 is 2.16 bits per heavy atom.